The van der Waals surface area contributed by atoms with Crippen molar-refractivity contribution in [3.63, 3.8) is 0 Å². The maximum atomic E-state index is 12.8. The summed E-state index contributed by atoms with van der Waals surface area (Å²) in [6, 6.07) is 15.8. The third-order valence-electron chi connectivity index (χ3n) is 4.18. The van der Waals surface area contributed by atoms with Crippen molar-refractivity contribution in [1.82, 2.24) is 0 Å². The van der Waals surface area contributed by atoms with Crippen molar-refractivity contribution in [2.75, 3.05) is 0 Å². The third kappa shape index (κ3) is 2.06. The van der Waals surface area contributed by atoms with E-state index in [2.05, 4.69) is 12.1 Å². The van der Waals surface area contributed by atoms with Crippen molar-refractivity contribution < 1.29 is 4.79 Å². The molecule has 2 heteroatoms. The summed E-state index contributed by atoms with van der Waals surface area (Å²) in [4.78, 5) is 12.8. The average Bonchev–Trinajstić information content (AvgIpc) is 2.92. The number of rotatable bonds is 1. The second-order valence-corrected chi connectivity index (χ2v) is 5.92. The zero-order valence-corrected chi connectivity index (χ0v) is 12.6. The molecular formula is C20H13ClO. The summed E-state index contributed by atoms with van der Waals surface area (Å²) in [6.45, 7) is 0. The normalized spacial score (nSPS) is 17.9. The molecule has 0 aromatic heterocycles. The van der Waals surface area contributed by atoms with Gasteiger partial charge >= 0.3 is 0 Å². The number of carbonyl (C=O) groups is 1. The molecule has 2 aliphatic carbocycles. The molecule has 0 atom stereocenters. The van der Waals surface area contributed by atoms with E-state index in [1.807, 2.05) is 54.6 Å². The highest BCUT2D eigenvalue weighted by Gasteiger charge is 2.28. The zero-order chi connectivity index (χ0) is 15.1. The number of hydrogen-bond donors (Lipinski definition) is 0. The van der Waals surface area contributed by atoms with Crippen LogP contribution in [-0.2, 0) is 11.2 Å². The molecule has 2 aromatic carbocycles. The summed E-state index contributed by atoms with van der Waals surface area (Å²) in [5.74, 6) is 0.105. The van der Waals surface area contributed by atoms with Gasteiger partial charge < -0.3 is 0 Å². The highest BCUT2D eigenvalue weighted by Crippen LogP contribution is 2.38. The van der Waals surface area contributed by atoms with Gasteiger partial charge in [-0.1, -0.05) is 66.2 Å². The Bertz CT molecular complexity index is 884. The predicted octanol–water partition coefficient (Wildman–Crippen LogP) is 4.87. The van der Waals surface area contributed by atoms with Gasteiger partial charge in [0.25, 0.3) is 0 Å². The van der Waals surface area contributed by atoms with E-state index in [4.69, 9.17) is 11.6 Å². The van der Waals surface area contributed by atoms with E-state index in [0.29, 0.717) is 17.0 Å². The molecule has 0 radical (unpaired) electrons. The molecule has 2 aromatic rings. The molecule has 4 rings (SSSR count). The molecular weight excluding hydrogens is 292 g/mol. The van der Waals surface area contributed by atoms with Gasteiger partial charge in [-0.2, -0.15) is 0 Å². The second kappa shape index (κ2) is 5.11. The molecule has 0 spiro atoms. The molecule has 22 heavy (non-hydrogen) atoms. The van der Waals surface area contributed by atoms with E-state index in [1.54, 1.807) is 0 Å². The standard InChI is InChI=1S/C20H13ClO/c21-19-8-4-2-6-14(19)11-15-9-10-17-16-7-3-1-5-13(16)12-18(17)20(15)22/h1-11H,12H2. The van der Waals surface area contributed by atoms with Crippen LogP contribution in [-0.4, -0.2) is 5.78 Å². The summed E-state index contributed by atoms with van der Waals surface area (Å²) in [5.41, 5.74) is 5.93. The van der Waals surface area contributed by atoms with Crippen molar-refractivity contribution >= 4 is 29.0 Å². The highest BCUT2D eigenvalue weighted by atomic mass is 35.5. The van der Waals surface area contributed by atoms with Gasteiger partial charge in [-0.3, -0.25) is 4.79 Å². The SMILES string of the molecule is O=C1C(=Cc2ccccc2Cl)C=CC2=C1Cc1ccccc12. The number of carbonyl (C=O) groups excluding carboxylic acids is 1. The van der Waals surface area contributed by atoms with Gasteiger partial charge in [0.2, 0.25) is 0 Å². The van der Waals surface area contributed by atoms with Crippen LogP contribution in [0.5, 0.6) is 0 Å². The van der Waals surface area contributed by atoms with Crippen molar-refractivity contribution in [2.45, 2.75) is 6.42 Å². The van der Waals surface area contributed by atoms with Crippen LogP contribution >= 0.6 is 11.6 Å². The molecule has 0 fully saturated rings. The lowest BCUT2D eigenvalue weighted by Gasteiger charge is -2.11. The number of halogens is 1. The quantitative estimate of drug-likeness (QED) is 0.687. The smallest absolute Gasteiger partial charge is 0.189 e. The molecule has 0 saturated heterocycles. The van der Waals surface area contributed by atoms with Gasteiger partial charge in [0.05, 0.1) is 0 Å². The van der Waals surface area contributed by atoms with E-state index in [9.17, 15) is 4.79 Å². The largest absolute Gasteiger partial charge is 0.289 e. The summed E-state index contributed by atoms with van der Waals surface area (Å²) in [7, 11) is 0. The fourth-order valence-corrected chi connectivity index (χ4v) is 3.27. The number of ketones is 1. The lowest BCUT2D eigenvalue weighted by atomic mass is 9.92. The molecule has 0 saturated carbocycles. The van der Waals surface area contributed by atoms with E-state index >= 15 is 0 Å². The lowest BCUT2D eigenvalue weighted by Crippen LogP contribution is -2.09. The fourth-order valence-electron chi connectivity index (χ4n) is 3.07. The van der Waals surface area contributed by atoms with Crippen LogP contribution in [0, 0.1) is 0 Å². The van der Waals surface area contributed by atoms with Crippen LogP contribution in [0.25, 0.3) is 11.6 Å². The Morgan fingerprint density at radius 1 is 0.955 bits per heavy atom. The topological polar surface area (TPSA) is 17.1 Å². The molecule has 0 amide bonds. The van der Waals surface area contributed by atoms with Gasteiger partial charge in [0, 0.05) is 22.6 Å². The molecule has 0 N–H and O–H groups in total. The highest BCUT2D eigenvalue weighted by molar-refractivity contribution is 6.32. The first-order valence-electron chi connectivity index (χ1n) is 7.24. The minimum absolute atomic E-state index is 0.105. The first-order valence-corrected chi connectivity index (χ1v) is 7.62. The van der Waals surface area contributed by atoms with Crippen molar-refractivity contribution in [3.05, 3.63) is 93.5 Å². The van der Waals surface area contributed by atoms with Crippen LogP contribution in [0.3, 0.4) is 0 Å². The fraction of sp³-hybridized carbons (Fsp3) is 0.0500. The molecule has 0 unspecified atom stereocenters. The van der Waals surface area contributed by atoms with Gasteiger partial charge in [-0.05, 0) is 34.4 Å². The first kappa shape index (κ1) is 13.3. The number of allylic oxidation sites excluding steroid dienone is 5. The Morgan fingerprint density at radius 2 is 1.73 bits per heavy atom. The molecule has 106 valence electrons. The maximum absolute atomic E-state index is 12.8. The molecule has 0 heterocycles. The Hall–Kier alpha value is -2.38. The number of Topliss-reactive ketones (excluding diaryl/α,β-unsaturated/α-hetero) is 1. The van der Waals surface area contributed by atoms with E-state index in [1.165, 1.54) is 11.1 Å². The van der Waals surface area contributed by atoms with Crippen LogP contribution in [0.4, 0.5) is 0 Å². The molecule has 0 bridgehead atoms. The van der Waals surface area contributed by atoms with E-state index in [0.717, 1.165) is 16.7 Å². The summed E-state index contributed by atoms with van der Waals surface area (Å²) >= 11 is 6.18. The Balaban J connectivity index is 1.75. The van der Waals surface area contributed by atoms with Gasteiger partial charge in [0.15, 0.2) is 5.78 Å². The van der Waals surface area contributed by atoms with Crippen LogP contribution < -0.4 is 0 Å². The summed E-state index contributed by atoms with van der Waals surface area (Å²) < 4.78 is 0. The van der Waals surface area contributed by atoms with Gasteiger partial charge in [0.1, 0.15) is 0 Å². The van der Waals surface area contributed by atoms with Gasteiger partial charge in [-0.15, -0.1) is 0 Å². The van der Waals surface area contributed by atoms with Gasteiger partial charge in [-0.25, -0.2) is 0 Å². The number of hydrogen-bond acceptors (Lipinski definition) is 1. The average molecular weight is 305 g/mol. The number of benzene rings is 2. The van der Waals surface area contributed by atoms with Crippen LogP contribution in [0.15, 0.2) is 71.8 Å². The third-order valence-corrected chi connectivity index (χ3v) is 4.53. The Kier molecular flexibility index (Phi) is 3.09. The Morgan fingerprint density at radius 3 is 2.59 bits per heavy atom. The molecule has 2 aliphatic rings. The zero-order valence-electron chi connectivity index (χ0n) is 11.8. The first-order chi connectivity index (χ1) is 10.7. The minimum atomic E-state index is 0.105. The monoisotopic (exact) mass is 304 g/mol. The predicted molar refractivity (Wildman–Crippen MR) is 90.6 cm³/mol. The molecule has 1 nitrogen and oxygen atoms in total. The van der Waals surface area contributed by atoms with E-state index < -0.39 is 0 Å². The van der Waals surface area contributed by atoms with Crippen molar-refractivity contribution in [2.24, 2.45) is 0 Å². The van der Waals surface area contributed by atoms with Crippen LogP contribution in [0.1, 0.15) is 16.7 Å². The summed E-state index contributed by atoms with van der Waals surface area (Å²) in [6.07, 6.45) is 6.53. The number of fused-ring (bicyclic) bond motifs is 2. The van der Waals surface area contributed by atoms with Crippen LogP contribution in [0.2, 0.25) is 5.02 Å². The lowest BCUT2D eigenvalue weighted by molar-refractivity contribution is -0.111. The maximum Gasteiger partial charge on any atom is 0.189 e. The second-order valence-electron chi connectivity index (χ2n) is 5.51. The van der Waals surface area contributed by atoms with Crippen molar-refractivity contribution in [1.29, 1.82) is 0 Å². The summed E-state index contributed by atoms with van der Waals surface area (Å²) in [5, 5.41) is 0.658. The Labute approximate surface area is 134 Å². The molecule has 0 aliphatic heterocycles. The minimum Gasteiger partial charge on any atom is -0.289 e. The van der Waals surface area contributed by atoms with Crippen molar-refractivity contribution in [3.8, 4) is 0 Å². The van der Waals surface area contributed by atoms with E-state index in [-0.39, 0.29) is 5.78 Å².